The monoisotopic (exact) mass is 585 g/mol. The minimum Gasteiger partial charge on any atom is -0.394 e. The first-order valence-corrected chi connectivity index (χ1v) is 13.8. The van der Waals surface area contributed by atoms with Crippen molar-refractivity contribution in [3.8, 4) is 0 Å². The van der Waals surface area contributed by atoms with Gasteiger partial charge in [0.2, 0.25) is 5.91 Å². The van der Waals surface area contributed by atoms with Crippen molar-refractivity contribution in [2.75, 3.05) is 41.7 Å². The van der Waals surface area contributed by atoms with Gasteiger partial charge in [-0.05, 0) is 54.8 Å². The molecule has 2 amide bonds. The van der Waals surface area contributed by atoms with E-state index in [1.165, 1.54) is 12.1 Å². The number of benzene rings is 2. The smallest absolute Gasteiger partial charge is 0.253 e. The van der Waals surface area contributed by atoms with E-state index >= 15 is 0 Å². The third-order valence-corrected chi connectivity index (χ3v) is 6.77. The second kappa shape index (κ2) is 15.4. The van der Waals surface area contributed by atoms with Crippen molar-refractivity contribution in [3.05, 3.63) is 59.7 Å². The number of rotatable bonds is 13. The number of carbonyl (C=O) groups excluding carboxylic acids is 2. The van der Waals surface area contributed by atoms with Gasteiger partial charge in [-0.3, -0.25) is 9.59 Å². The van der Waals surface area contributed by atoms with Crippen LogP contribution in [0.15, 0.2) is 48.5 Å². The lowest BCUT2D eigenvalue weighted by Gasteiger charge is -2.38. The Labute approximate surface area is 236 Å². The van der Waals surface area contributed by atoms with Gasteiger partial charge in [0.1, 0.15) is 18.3 Å². The first-order valence-electron chi connectivity index (χ1n) is 12.7. The van der Waals surface area contributed by atoms with Gasteiger partial charge in [-0.2, -0.15) is 0 Å². The highest BCUT2D eigenvalue weighted by atomic mass is 35.5. The summed E-state index contributed by atoms with van der Waals surface area (Å²) in [7, 11) is 0. The van der Waals surface area contributed by atoms with E-state index in [4.69, 9.17) is 27.9 Å². The number of aliphatic hydroxyl groups excluding tert-OH is 3. The number of hydrogen-bond donors (Lipinski definition) is 5. The highest BCUT2D eigenvalue weighted by Gasteiger charge is 2.45. The van der Waals surface area contributed by atoms with Crippen LogP contribution in [0.1, 0.15) is 28.8 Å². The second-order valence-corrected chi connectivity index (χ2v) is 9.94. The normalized spacial score (nSPS) is 22.8. The SMILES string of the molecule is O=C(CCCc1ccc(N(CCCl)CCCl)cc1)Nc1ccc(C(=O)N[C@@H]2O[C@H](CO)[C@@H](O)[C@H](O)[C@H]2F)cc1. The van der Waals surface area contributed by atoms with Crippen LogP contribution in [-0.4, -0.2) is 89.3 Å². The molecule has 0 aliphatic carbocycles. The van der Waals surface area contributed by atoms with Gasteiger partial charge in [-0.15, -0.1) is 23.2 Å². The number of aryl methyl sites for hydroxylation is 1. The van der Waals surface area contributed by atoms with Crippen LogP contribution in [0.5, 0.6) is 0 Å². The fraction of sp³-hybridized carbons (Fsp3) is 0.481. The standard InChI is InChI=1S/C27H34Cl2FN3O6/c28-12-14-33(15-13-29)20-10-4-17(5-11-20)2-1-3-22(35)31-19-8-6-18(7-9-19)26(38)32-27-23(30)25(37)24(36)21(16-34)39-27/h4-11,21,23-25,27,34,36-37H,1-3,12-16H2,(H,31,35)(H,32,38)/t21-,23-,24-,25-,27-/m1/s1. The van der Waals surface area contributed by atoms with Gasteiger partial charge in [0.15, 0.2) is 12.4 Å². The van der Waals surface area contributed by atoms with Crippen molar-refractivity contribution in [1.29, 1.82) is 0 Å². The number of nitrogens with one attached hydrogen (secondary N) is 2. The Morgan fingerprint density at radius 2 is 1.62 bits per heavy atom. The molecule has 5 N–H and O–H groups in total. The van der Waals surface area contributed by atoms with Gasteiger partial charge in [0.05, 0.1) is 6.61 Å². The molecule has 0 aromatic heterocycles. The van der Waals surface area contributed by atoms with E-state index in [0.717, 1.165) is 17.7 Å². The Morgan fingerprint density at radius 1 is 0.974 bits per heavy atom. The third kappa shape index (κ3) is 8.76. The average Bonchev–Trinajstić information content (AvgIpc) is 2.94. The summed E-state index contributed by atoms with van der Waals surface area (Å²) >= 11 is 11.7. The van der Waals surface area contributed by atoms with E-state index in [1.54, 1.807) is 12.1 Å². The number of nitrogens with zero attached hydrogens (tertiary/aromatic N) is 1. The fourth-order valence-electron chi connectivity index (χ4n) is 4.24. The summed E-state index contributed by atoms with van der Waals surface area (Å²) < 4.78 is 19.5. The molecule has 3 rings (SSSR count). The van der Waals surface area contributed by atoms with Gasteiger partial charge in [0, 0.05) is 48.2 Å². The predicted molar refractivity (Wildman–Crippen MR) is 148 cm³/mol. The zero-order chi connectivity index (χ0) is 28.4. The molecule has 0 unspecified atom stereocenters. The van der Waals surface area contributed by atoms with Crippen molar-refractivity contribution >= 4 is 46.4 Å². The fourth-order valence-corrected chi connectivity index (χ4v) is 4.65. The molecule has 214 valence electrons. The first kappa shape index (κ1) is 31.1. The number of hydrogen-bond acceptors (Lipinski definition) is 7. The minimum absolute atomic E-state index is 0.169. The quantitative estimate of drug-likeness (QED) is 0.228. The molecule has 0 spiro atoms. The molecular formula is C27H34Cl2FN3O6. The third-order valence-electron chi connectivity index (χ3n) is 6.43. The Morgan fingerprint density at radius 3 is 2.21 bits per heavy atom. The van der Waals surface area contributed by atoms with E-state index in [2.05, 4.69) is 15.5 Å². The van der Waals surface area contributed by atoms with Crippen LogP contribution in [-0.2, 0) is 16.0 Å². The molecule has 1 fully saturated rings. The molecule has 5 atom stereocenters. The molecule has 1 aliphatic rings. The van der Waals surface area contributed by atoms with Crippen LogP contribution >= 0.6 is 23.2 Å². The Hall–Kier alpha value is -2.47. The molecule has 1 heterocycles. The summed E-state index contributed by atoms with van der Waals surface area (Å²) in [6, 6.07) is 14.1. The number of anilines is 2. The van der Waals surface area contributed by atoms with E-state index in [1.807, 2.05) is 24.3 Å². The van der Waals surface area contributed by atoms with Crippen molar-refractivity contribution in [1.82, 2.24) is 5.32 Å². The van der Waals surface area contributed by atoms with Crippen LogP contribution in [0.3, 0.4) is 0 Å². The Bertz CT molecular complexity index is 1050. The summed E-state index contributed by atoms with van der Waals surface area (Å²) in [4.78, 5) is 27.0. The maximum Gasteiger partial charge on any atom is 0.253 e. The summed E-state index contributed by atoms with van der Waals surface area (Å²) in [5.74, 6) is 0.181. The largest absolute Gasteiger partial charge is 0.394 e. The number of carbonyl (C=O) groups is 2. The molecular weight excluding hydrogens is 552 g/mol. The summed E-state index contributed by atoms with van der Waals surface area (Å²) in [6.07, 6.45) is -6.58. The molecule has 39 heavy (non-hydrogen) atoms. The summed E-state index contributed by atoms with van der Waals surface area (Å²) in [5, 5.41) is 33.8. The van der Waals surface area contributed by atoms with E-state index in [0.29, 0.717) is 43.4 Å². The van der Waals surface area contributed by atoms with Gasteiger partial charge in [-0.25, -0.2) is 4.39 Å². The van der Waals surface area contributed by atoms with Crippen molar-refractivity contribution in [2.45, 2.75) is 50.0 Å². The van der Waals surface area contributed by atoms with Crippen LogP contribution < -0.4 is 15.5 Å². The van der Waals surface area contributed by atoms with Crippen molar-refractivity contribution in [2.24, 2.45) is 0 Å². The second-order valence-electron chi connectivity index (χ2n) is 9.19. The first-order chi connectivity index (χ1) is 18.8. The Kier molecular flexibility index (Phi) is 12.2. The molecule has 9 nitrogen and oxygen atoms in total. The van der Waals surface area contributed by atoms with Crippen LogP contribution in [0.2, 0.25) is 0 Å². The highest BCUT2D eigenvalue weighted by molar-refractivity contribution is 6.18. The molecule has 1 aliphatic heterocycles. The lowest BCUT2D eigenvalue weighted by Crippen LogP contribution is -2.61. The average molecular weight is 586 g/mol. The summed E-state index contributed by atoms with van der Waals surface area (Å²) in [6.45, 7) is 0.778. The number of aliphatic hydroxyl groups is 3. The molecule has 0 radical (unpaired) electrons. The van der Waals surface area contributed by atoms with Gasteiger partial charge < -0.3 is 35.6 Å². The number of alkyl halides is 3. The van der Waals surface area contributed by atoms with Gasteiger partial charge in [-0.1, -0.05) is 12.1 Å². The van der Waals surface area contributed by atoms with E-state index in [-0.39, 0.29) is 11.5 Å². The predicted octanol–water partition coefficient (Wildman–Crippen LogP) is 2.44. The zero-order valence-electron chi connectivity index (χ0n) is 21.3. The Balaban J connectivity index is 1.44. The molecule has 2 aromatic carbocycles. The maximum absolute atomic E-state index is 14.3. The number of ether oxygens (including phenoxy) is 1. The van der Waals surface area contributed by atoms with Crippen LogP contribution in [0, 0.1) is 0 Å². The lowest BCUT2D eigenvalue weighted by molar-refractivity contribution is -0.216. The molecule has 1 saturated heterocycles. The maximum atomic E-state index is 14.3. The molecule has 0 saturated carbocycles. The minimum atomic E-state index is -2.08. The lowest BCUT2D eigenvalue weighted by atomic mass is 9.99. The number of amides is 2. The molecule has 12 heteroatoms. The molecule has 0 bridgehead atoms. The zero-order valence-corrected chi connectivity index (χ0v) is 22.8. The van der Waals surface area contributed by atoms with E-state index in [9.17, 15) is 29.3 Å². The summed E-state index contributed by atoms with van der Waals surface area (Å²) in [5.41, 5.74) is 2.83. The highest BCUT2D eigenvalue weighted by Crippen LogP contribution is 2.23. The van der Waals surface area contributed by atoms with Crippen molar-refractivity contribution < 1.29 is 34.0 Å². The van der Waals surface area contributed by atoms with Gasteiger partial charge >= 0.3 is 0 Å². The topological polar surface area (TPSA) is 131 Å². The van der Waals surface area contributed by atoms with Crippen LogP contribution in [0.25, 0.3) is 0 Å². The van der Waals surface area contributed by atoms with E-state index < -0.39 is 43.2 Å². The van der Waals surface area contributed by atoms with Crippen molar-refractivity contribution in [3.63, 3.8) is 0 Å². The molecule has 2 aromatic rings. The van der Waals surface area contributed by atoms with Gasteiger partial charge in [0.25, 0.3) is 5.91 Å². The number of halogens is 3. The van der Waals surface area contributed by atoms with Crippen LogP contribution in [0.4, 0.5) is 15.8 Å².